The highest BCUT2D eigenvalue weighted by Gasteiger charge is 2.19. The summed E-state index contributed by atoms with van der Waals surface area (Å²) in [6.45, 7) is 5.78. The van der Waals surface area contributed by atoms with Gasteiger partial charge < -0.3 is 45.0 Å². The first kappa shape index (κ1) is 37.8. The maximum atomic E-state index is 9.23. The summed E-state index contributed by atoms with van der Waals surface area (Å²) in [5, 5.41) is 30.9. The number of ether oxygens (including phenoxy) is 5. The summed E-state index contributed by atoms with van der Waals surface area (Å²) in [6.07, 6.45) is 0. The summed E-state index contributed by atoms with van der Waals surface area (Å²) in [4.78, 5) is 27.0. The van der Waals surface area contributed by atoms with Crippen molar-refractivity contribution in [2.24, 2.45) is 0 Å². The Morgan fingerprint density at radius 2 is 0.911 bits per heavy atom. The molecule has 2 aromatic heterocycles. The number of rotatable bonds is 15. The third kappa shape index (κ3) is 9.35. The fourth-order valence-electron chi connectivity index (χ4n) is 5.28. The molecular weight excluding hydrogens is 717 g/mol. The van der Waals surface area contributed by atoms with Gasteiger partial charge in [-0.15, -0.1) is 0 Å². The van der Waals surface area contributed by atoms with Crippen molar-refractivity contribution in [3.8, 4) is 52.9 Å². The van der Waals surface area contributed by atoms with E-state index < -0.39 is 0 Å². The minimum Gasteiger partial charge on any atom is -0.493 e. The highest BCUT2D eigenvalue weighted by molar-refractivity contribution is 5.59. The average Bonchev–Trinajstić information content (AvgIpc) is 3.19. The number of aromatic nitrogens is 6. The Balaban J connectivity index is 1.29. The minimum absolute atomic E-state index is 0.0174. The summed E-state index contributed by atoms with van der Waals surface area (Å²) in [6, 6.07) is 25.1. The van der Waals surface area contributed by atoms with Gasteiger partial charge in [0.2, 0.25) is 29.5 Å². The largest absolute Gasteiger partial charge is 0.493 e. The molecule has 17 heteroatoms. The Kier molecular flexibility index (Phi) is 11.7. The van der Waals surface area contributed by atoms with Gasteiger partial charge in [0.1, 0.15) is 0 Å². The Hall–Kier alpha value is -7.92. The van der Waals surface area contributed by atoms with Crippen LogP contribution in [-0.2, 0) is 0 Å². The lowest BCUT2D eigenvalue weighted by Gasteiger charge is -2.16. The van der Waals surface area contributed by atoms with E-state index in [-0.39, 0.29) is 48.2 Å². The summed E-state index contributed by atoms with van der Waals surface area (Å²) >= 11 is 0. The molecule has 0 saturated carbocycles. The minimum atomic E-state index is -0.0775. The van der Waals surface area contributed by atoms with E-state index in [0.29, 0.717) is 45.5 Å². The zero-order chi connectivity index (χ0) is 39.6. The predicted octanol–water partition coefficient (Wildman–Crippen LogP) is 7.30. The molecule has 2 heterocycles. The molecule has 0 atom stereocenters. The maximum Gasteiger partial charge on any atom is 0.328 e. The van der Waals surface area contributed by atoms with E-state index in [9.17, 15) is 10.5 Å². The molecule has 56 heavy (non-hydrogen) atoms. The van der Waals surface area contributed by atoms with Gasteiger partial charge in [0.05, 0.1) is 51.3 Å². The first-order chi connectivity index (χ1) is 27.2. The number of methoxy groups -OCH3 is 3. The number of anilines is 6. The fourth-order valence-corrected chi connectivity index (χ4v) is 5.28. The van der Waals surface area contributed by atoms with Gasteiger partial charge in [-0.1, -0.05) is 6.07 Å². The summed E-state index contributed by atoms with van der Waals surface area (Å²) in [7, 11) is 4.60. The second-order valence-corrected chi connectivity index (χ2v) is 12.0. The molecule has 0 aliphatic heterocycles. The van der Waals surface area contributed by atoms with Gasteiger partial charge in [-0.3, -0.25) is 0 Å². The monoisotopic (exact) mass is 752 g/mol. The normalized spacial score (nSPS) is 10.4. The van der Waals surface area contributed by atoms with Crippen LogP contribution in [0.5, 0.6) is 40.8 Å². The van der Waals surface area contributed by atoms with Gasteiger partial charge >= 0.3 is 12.0 Å². The standard InChI is InChI=1S/C39H36N12O5/c1-22-15-24(3)32(29(16-22)52-4)55-38-48-34(46-36(50-38)44-27-11-7-25(19-40)8-12-27)42-21-43-35-47-37(45-28-13-9-26(20-41)10-14-28)51-39(49-35)56-33-30(53-5)17-23(2)18-31(33)54-6/h7-18H,21H2,1-6H3,(H2,42,44,46,48,50)(H2,43,45,47,49,51). The van der Waals surface area contributed by atoms with Crippen molar-refractivity contribution >= 4 is 35.2 Å². The number of nitrogens with zero attached hydrogens (tertiary/aromatic N) is 8. The fraction of sp³-hybridized carbons (Fsp3) is 0.179. The van der Waals surface area contributed by atoms with Gasteiger partial charge in [-0.2, -0.15) is 40.4 Å². The zero-order valence-electron chi connectivity index (χ0n) is 31.3. The van der Waals surface area contributed by atoms with Gasteiger partial charge in [0, 0.05) is 11.4 Å². The van der Waals surface area contributed by atoms with E-state index in [1.165, 1.54) is 14.2 Å². The number of hydrogen-bond donors (Lipinski definition) is 4. The number of nitrogens with one attached hydrogen (secondary N) is 4. The molecule has 282 valence electrons. The molecular formula is C39H36N12O5. The van der Waals surface area contributed by atoms with E-state index in [1.54, 1.807) is 67.8 Å². The van der Waals surface area contributed by atoms with E-state index in [4.69, 9.17) is 23.7 Å². The van der Waals surface area contributed by atoms with Crippen LogP contribution in [0.1, 0.15) is 27.8 Å². The number of hydrogen-bond acceptors (Lipinski definition) is 17. The lowest BCUT2D eigenvalue weighted by molar-refractivity contribution is 0.336. The van der Waals surface area contributed by atoms with Crippen LogP contribution in [0.4, 0.5) is 35.2 Å². The maximum absolute atomic E-state index is 9.23. The van der Waals surface area contributed by atoms with Crippen LogP contribution >= 0.6 is 0 Å². The van der Waals surface area contributed by atoms with Crippen molar-refractivity contribution in [3.63, 3.8) is 0 Å². The van der Waals surface area contributed by atoms with Gasteiger partial charge in [0.25, 0.3) is 0 Å². The van der Waals surface area contributed by atoms with E-state index in [0.717, 1.165) is 16.7 Å². The lowest BCUT2D eigenvalue weighted by atomic mass is 10.1. The molecule has 0 fully saturated rings. The average molecular weight is 753 g/mol. The van der Waals surface area contributed by atoms with Crippen LogP contribution in [0.25, 0.3) is 0 Å². The SMILES string of the molecule is COc1cc(C)cc(C)c1Oc1nc(NCNc2nc(Nc3ccc(C#N)cc3)nc(Oc3c(OC)cc(C)cc3OC)n2)nc(Nc2ccc(C#N)cc2)n1. The second-order valence-electron chi connectivity index (χ2n) is 12.0. The molecule has 4 aromatic carbocycles. The van der Waals surface area contributed by atoms with Crippen LogP contribution in [-0.4, -0.2) is 57.9 Å². The first-order valence-electron chi connectivity index (χ1n) is 16.9. The highest BCUT2D eigenvalue weighted by atomic mass is 16.5. The number of nitriles is 2. The van der Waals surface area contributed by atoms with Gasteiger partial charge in [-0.25, -0.2) is 0 Å². The molecule has 0 amide bonds. The van der Waals surface area contributed by atoms with Crippen LogP contribution in [0, 0.1) is 43.4 Å². The molecule has 0 saturated heterocycles. The zero-order valence-corrected chi connectivity index (χ0v) is 31.3. The third-order valence-corrected chi connectivity index (χ3v) is 7.86. The molecule has 0 aliphatic rings. The summed E-state index contributed by atoms with van der Waals surface area (Å²) in [5.41, 5.74) is 4.97. The molecule has 6 rings (SSSR count). The topological polar surface area (TPSA) is 219 Å². The van der Waals surface area contributed by atoms with Crippen LogP contribution in [0.2, 0.25) is 0 Å². The third-order valence-electron chi connectivity index (χ3n) is 7.86. The molecule has 4 N–H and O–H groups in total. The Morgan fingerprint density at radius 3 is 1.34 bits per heavy atom. The second kappa shape index (κ2) is 17.3. The molecule has 0 radical (unpaired) electrons. The molecule has 0 spiro atoms. The van der Waals surface area contributed by atoms with Crippen molar-refractivity contribution in [1.29, 1.82) is 10.5 Å². The summed E-state index contributed by atoms with van der Waals surface area (Å²) in [5.74, 6) is 2.60. The van der Waals surface area contributed by atoms with Crippen molar-refractivity contribution in [2.75, 3.05) is 49.3 Å². The van der Waals surface area contributed by atoms with Crippen LogP contribution < -0.4 is 45.0 Å². The predicted molar refractivity (Wildman–Crippen MR) is 208 cm³/mol. The molecule has 0 unspecified atom stereocenters. The molecule has 0 bridgehead atoms. The highest BCUT2D eigenvalue weighted by Crippen LogP contribution is 2.41. The molecule has 6 aromatic rings. The van der Waals surface area contributed by atoms with Crippen molar-refractivity contribution < 1.29 is 23.7 Å². The number of benzene rings is 4. The molecule has 17 nitrogen and oxygen atoms in total. The Bertz CT molecular complexity index is 2410. The Labute approximate surface area is 322 Å². The van der Waals surface area contributed by atoms with Crippen LogP contribution in [0.3, 0.4) is 0 Å². The van der Waals surface area contributed by atoms with Gasteiger partial charge in [-0.05, 0) is 104 Å². The molecule has 0 aliphatic carbocycles. The van der Waals surface area contributed by atoms with E-state index in [1.807, 2.05) is 32.9 Å². The van der Waals surface area contributed by atoms with Crippen LogP contribution in [0.15, 0.2) is 72.8 Å². The first-order valence-corrected chi connectivity index (χ1v) is 16.9. The van der Waals surface area contributed by atoms with Gasteiger partial charge in [0.15, 0.2) is 23.0 Å². The van der Waals surface area contributed by atoms with Crippen molar-refractivity contribution in [2.45, 2.75) is 20.8 Å². The summed E-state index contributed by atoms with van der Waals surface area (Å²) < 4.78 is 29.0. The quantitative estimate of drug-likeness (QED) is 0.0756. The van der Waals surface area contributed by atoms with Crippen molar-refractivity contribution in [3.05, 3.63) is 101 Å². The Morgan fingerprint density at radius 1 is 0.518 bits per heavy atom. The van der Waals surface area contributed by atoms with Crippen molar-refractivity contribution in [1.82, 2.24) is 29.9 Å². The van der Waals surface area contributed by atoms with E-state index >= 15 is 0 Å². The number of aryl methyl sites for hydroxylation is 3. The smallest absolute Gasteiger partial charge is 0.328 e. The lowest BCUT2D eigenvalue weighted by Crippen LogP contribution is -2.17. The van der Waals surface area contributed by atoms with E-state index in [2.05, 4.69) is 63.3 Å².